The number of halogens is 1. The third-order valence-corrected chi connectivity index (χ3v) is 3.41. The van der Waals surface area contributed by atoms with E-state index in [2.05, 4.69) is 15.9 Å². The quantitative estimate of drug-likeness (QED) is 0.839. The first kappa shape index (κ1) is 13.4. The lowest BCUT2D eigenvalue weighted by atomic mass is 10.2. The number of amides is 2. The molecule has 1 aliphatic heterocycles. The van der Waals surface area contributed by atoms with E-state index in [0.29, 0.717) is 32.8 Å². The molecule has 1 heterocycles. The SMILES string of the molecule is CN(Cc1cccc(Br)c1)C(=O)N1CCOCC1. The molecule has 1 aliphatic rings. The lowest BCUT2D eigenvalue weighted by Gasteiger charge is -2.31. The van der Waals surface area contributed by atoms with Crippen molar-refractivity contribution in [2.24, 2.45) is 0 Å². The highest BCUT2D eigenvalue weighted by Gasteiger charge is 2.20. The molecule has 0 saturated carbocycles. The lowest BCUT2D eigenvalue weighted by Crippen LogP contribution is -2.46. The van der Waals surface area contributed by atoms with E-state index in [1.165, 1.54) is 0 Å². The minimum Gasteiger partial charge on any atom is -0.378 e. The molecule has 0 aliphatic carbocycles. The van der Waals surface area contributed by atoms with Crippen molar-refractivity contribution in [2.45, 2.75) is 6.54 Å². The van der Waals surface area contributed by atoms with Crippen molar-refractivity contribution in [3.8, 4) is 0 Å². The van der Waals surface area contributed by atoms with Crippen LogP contribution < -0.4 is 0 Å². The molecule has 0 spiro atoms. The van der Waals surface area contributed by atoms with Crippen LogP contribution in [-0.4, -0.2) is 49.2 Å². The number of hydrogen-bond acceptors (Lipinski definition) is 2. The average Bonchev–Trinajstić information content (AvgIpc) is 2.39. The predicted molar refractivity (Wildman–Crippen MR) is 73.4 cm³/mol. The highest BCUT2D eigenvalue weighted by molar-refractivity contribution is 9.10. The van der Waals surface area contributed by atoms with Crippen LogP contribution in [-0.2, 0) is 11.3 Å². The Hall–Kier alpha value is -1.07. The third kappa shape index (κ3) is 3.46. The van der Waals surface area contributed by atoms with E-state index in [1.807, 2.05) is 36.2 Å². The van der Waals surface area contributed by atoms with Gasteiger partial charge in [0.15, 0.2) is 0 Å². The Morgan fingerprint density at radius 3 is 2.83 bits per heavy atom. The summed E-state index contributed by atoms with van der Waals surface area (Å²) in [6.07, 6.45) is 0. The molecule has 1 fully saturated rings. The standard InChI is InChI=1S/C13H17BrN2O2/c1-15(10-11-3-2-4-12(14)9-11)13(17)16-5-7-18-8-6-16/h2-4,9H,5-8,10H2,1H3. The van der Waals surface area contributed by atoms with Gasteiger partial charge in [0.05, 0.1) is 13.2 Å². The zero-order valence-electron chi connectivity index (χ0n) is 10.4. The van der Waals surface area contributed by atoms with Crippen molar-refractivity contribution in [3.63, 3.8) is 0 Å². The van der Waals surface area contributed by atoms with Gasteiger partial charge in [0.2, 0.25) is 0 Å². The van der Waals surface area contributed by atoms with E-state index >= 15 is 0 Å². The molecule has 0 atom stereocenters. The van der Waals surface area contributed by atoms with Crippen molar-refractivity contribution in [2.75, 3.05) is 33.4 Å². The van der Waals surface area contributed by atoms with Crippen LogP contribution in [0.15, 0.2) is 28.7 Å². The van der Waals surface area contributed by atoms with Crippen LogP contribution in [0.25, 0.3) is 0 Å². The maximum absolute atomic E-state index is 12.2. The van der Waals surface area contributed by atoms with Crippen LogP contribution >= 0.6 is 15.9 Å². The van der Waals surface area contributed by atoms with Gasteiger partial charge < -0.3 is 14.5 Å². The van der Waals surface area contributed by atoms with Gasteiger partial charge in [-0.1, -0.05) is 28.1 Å². The highest BCUT2D eigenvalue weighted by Crippen LogP contribution is 2.13. The number of rotatable bonds is 2. The molecule has 0 bridgehead atoms. The molecule has 1 aromatic rings. The Labute approximate surface area is 116 Å². The fraction of sp³-hybridized carbons (Fsp3) is 0.462. The smallest absolute Gasteiger partial charge is 0.320 e. The Morgan fingerprint density at radius 2 is 2.17 bits per heavy atom. The zero-order valence-corrected chi connectivity index (χ0v) is 12.0. The van der Waals surface area contributed by atoms with E-state index in [9.17, 15) is 4.79 Å². The maximum Gasteiger partial charge on any atom is 0.320 e. The van der Waals surface area contributed by atoms with Crippen LogP contribution in [0.5, 0.6) is 0 Å². The molecule has 1 saturated heterocycles. The van der Waals surface area contributed by atoms with Gasteiger partial charge in [0.25, 0.3) is 0 Å². The second-order valence-corrected chi connectivity index (χ2v) is 5.28. The van der Waals surface area contributed by atoms with E-state index in [1.54, 1.807) is 4.90 Å². The number of morpholine rings is 1. The summed E-state index contributed by atoms with van der Waals surface area (Å²) in [6, 6.07) is 8.08. The Balaban J connectivity index is 1.94. The van der Waals surface area contributed by atoms with Gasteiger partial charge in [0, 0.05) is 31.2 Å². The fourth-order valence-electron chi connectivity index (χ4n) is 1.97. The summed E-state index contributed by atoms with van der Waals surface area (Å²) in [5.41, 5.74) is 1.12. The van der Waals surface area contributed by atoms with E-state index in [-0.39, 0.29) is 6.03 Å². The summed E-state index contributed by atoms with van der Waals surface area (Å²) in [5, 5.41) is 0. The first-order valence-corrected chi connectivity index (χ1v) is 6.78. The third-order valence-electron chi connectivity index (χ3n) is 2.92. The van der Waals surface area contributed by atoms with Gasteiger partial charge in [-0.2, -0.15) is 0 Å². The first-order valence-electron chi connectivity index (χ1n) is 5.99. The molecule has 5 heteroatoms. The summed E-state index contributed by atoms with van der Waals surface area (Å²) < 4.78 is 6.28. The molecular weight excluding hydrogens is 296 g/mol. The molecule has 2 amide bonds. The molecule has 98 valence electrons. The summed E-state index contributed by atoms with van der Waals surface area (Å²) in [5.74, 6) is 0. The van der Waals surface area contributed by atoms with Crippen molar-refractivity contribution < 1.29 is 9.53 Å². The molecule has 18 heavy (non-hydrogen) atoms. The van der Waals surface area contributed by atoms with Gasteiger partial charge in [-0.15, -0.1) is 0 Å². The van der Waals surface area contributed by atoms with Crippen LogP contribution in [0.4, 0.5) is 4.79 Å². The van der Waals surface area contributed by atoms with Crippen molar-refractivity contribution in [1.29, 1.82) is 0 Å². The van der Waals surface area contributed by atoms with Crippen LogP contribution in [0, 0.1) is 0 Å². The number of benzene rings is 1. The van der Waals surface area contributed by atoms with Gasteiger partial charge in [0.1, 0.15) is 0 Å². The highest BCUT2D eigenvalue weighted by atomic mass is 79.9. The normalized spacial score (nSPS) is 15.6. The monoisotopic (exact) mass is 312 g/mol. The van der Waals surface area contributed by atoms with Crippen molar-refractivity contribution in [1.82, 2.24) is 9.80 Å². The van der Waals surface area contributed by atoms with E-state index < -0.39 is 0 Å². The Morgan fingerprint density at radius 1 is 1.44 bits per heavy atom. The van der Waals surface area contributed by atoms with Crippen molar-refractivity contribution >= 4 is 22.0 Å². The molecule has 0 aromatic heterocycles. The number of nitrogens with zero attached hydrogens (tertiary/aromatic N) is 2. The van der Waals surface area contributed by atoms with Crippen LogP contribution in [0.3, 0.4) is 0 Å². The fourth-order valence-corrected chi connectivity index (χ4v) is 2.42. The summed E-state index contributed by atoms with van der Waals surface area (Å²) in [7, 11) is 1.83. The molecule has 0 radical (unpaired) electrons. The number of ether oxygens (including phenoxy) is 1. The summed E-state index contributed by atoms with van der Waals surface area (Å²) in [4.78, 5) is 15.7. The Bertz CT molecular complexity index is 419. The second kappa shape index (κ2) is 6.20. The van der Waals surface area contributed by atoms with E-state index in [0.717, 1.165) is 10.0 Å². The van der Waals surface area contributed by atoms with Crippen LogP contribution in [0.2, 0.25) is 0 Å². The predicted octanol–water partition coefficient (Wildman–Crippen LogP) is 2.33. The van der Waals surface area contributed by atoms with Gasteiger partial charge in [-0.05, 0) is 17.7 Å². The second-order valence-electron chi connectivity index (χ2n) is 4.37. The van der Waals surface area contributed by atoms with Crippen LogP contribution in [0.1, 0.15) is 5.56 Å². The van der Waals surface area contributed by atoms with Gasteiger partial charge in [-0.25, -0.2) is 4.79 Å². The van der Waals surface area contributed by atoms with E-state index in [4.69, 9.17) is 4.74 Å². The molecule has 0 N–H and O–H groups in total. The number of hydrogen-bond donors (Lipinski definition) is 0. The van der Waals surface area contributed by atoms with Gasteiger partial charge in [-0.3, -0.25) is 0 Å². The minimum atomic E-state index is 0.0678. The summed E-state index contributed by atoms with van der Waals surface area (Å²) in [6.45, 7) is 3.26. The minimum absolute atomic E-state index is 0.0678. The number of urea groups is 1. The average molecular weight is 313 g/mol. The van der Waals surface area contributed by atoms with Crippen molar-refractivity contribution in [3.05, 3.63) is 34.3 Å². The molecule has 0 unspecified atom stereocenters. The molecule has 2 rings (SSSR count). The lowest BCUT2D eigenvalue weighted by molar-refractivity contribution is 0.0448. The first-order chi connectivity index (χ1) is 8.66. The molecule has 1 aromatic carbocycles. The van der Waals surface area contributed by atoms with Gasteiger partial charge >= 0.3 is 6.03 Å². The topological polar surface area (TPSA) is 32.8 Å². The molecule has 4 nitrogen and oxygen atoms in total. The number of carbonyl (C=O) groups is 1. The number of carbonyl (C=O) groups excluding carboxylic acids is 1. The molecular formula is C13H17BrN2O2. The zero-order chi connectivity index (χ0) is 13.0. The summed E-state index contributed by atoms with van der Waals surface area (Å²) >= 11 is 3.44. The Kier molecular flexibility index (Phi) is 4.60. The maximum atomic E-state index is 12.2. The largest absolute Gasteiger partial charge is 0.378 e.